The van der Waals surface area contributed by atoms with Crippen molar-refractivity contribution in [3.8, 4) is 0 Å². The Bertz CT molecular complexity index is 1990. The molecule has 0 aliphatic carbocycles. The van der Waals surface area contributed by atoms with Crippen LogP contribution in [0.2, 0.25) is 0 Å². The normalized spacial score (nSPS) is 20.4. The maximum absolute atomic E-state index is 14.4. The largest absolute Gasteiger partial charge is 0.464 e. The van der Waals surface area contributed by atoms with Gasteiger partial charge in [-0.25, -0.2) is 14.4 Å². The van der Waals surface area contributed by atoms with Crippen LogP contribution >= 0.6 is 0 Å². The number of aryl methyl sites for hydroxylation is 2. The van der Waals surface area contributed by atoms with Gasteiger partial charge in [-0.15, -0.1) is 0 Å². The van der Waals surface area contributed by atoms with Gasteiger partial charge in [-0.2, -0.15) is 0 Å². The quantitative estimate of drug-likeness (QED) is 0.223. The number of ether oxygens (including phenoxy) is 2. The minimum atomic E-state index is -1.11. The topological polar surface area (TPSA) is 150 Å². The number of likely N-dealkylation sites (tertiary alicyclic amines) is 3. The molecule has 0 unspecified atom stereocenters. The molecule has 57 heavy (non-hydrogen) atoms. The molecule has 15 nitrogen and oxygen atoms in total. The first-order valence-electron chi connectivity index (χ1n) is 20.5. The van der Waals surface area contributed by atoms with Crippen molar-refractivity contribution in [2.24, 2.45) is 7.05 Å². The number of anilines is 1. The molecule has 2 aromatic carbocycles. The fraction of sp³-hybridized carbons (Fsp3) is 0.595. The van der Waals surface area contributed by atoms with E-state index in [1.54, 1.807) is 22.9 Å². The monoisotopic (exact) mass is 787 g/mol. The van der Waals surface area contributed by atoms with E-state index in [-0.39, 0.29) is 42.5 Å². The smallest absolute Gasteiger partial charge is 0.419 e. The third kappa shape index (κ3) is 9.14. The summed E-state index contributed by atoms with van der Waals surface area (Å²) in [6.07, 6.45) is 4.24. The SMILES string of the molecule is Cc1cc(C[C@@H](OC(=O)N2CCC(N3CCc4ccccc4NC3=O)CC2)C(=O)N2CCC(N3CCC[C@H]3C(=O)OCCCN(C)C)CC2)cc2oc(=O)n(C)c12. The molecule has 0 spiro atoms. The number of oxazole rings is 1. The second-order valence-corrected chi connectivity index (χ2v) is 16.3. The summed E-state index contributed by atoms with van der Waals surface area (Å²) >= 11 is 0. The van der Waals surface area contributed by atoms with Crippen LogP contribution in [0, 0.1) is 6.92 Å². The van der Waals surface area contributed by atoms with E-state index in [0.29, 0.717) is 81.7 Å². The van der Waals surface area contributed by atoms with Gasteiger partial charge in [-0.05, 0) is 108 Å². The van der Waals surface area contributed by atoms with E-state index in [2.05, 4.69) is 15.1 Å². The number of hydrogen-bond acceptors (Lipinski definition) is 10. The summed E-state index contributed by atoms with van der Waals surface area (Å²) in [5.74, 6) is -0.916. The van der Waals surface area contributed by atoms with Crippen LogP contribution in [0.4, 0.5) is 15.3 Å². The van der Waals surface area contributed by atoms with Crippen molar-refractivity contribution in [2.75, 3.05) is 71.8 Å². The van der Waals surface area contributed by atoms with Crippen LogP contribution in [0.3, 0.4) is 0 Å². The zero-order chi connectivity index (χ0) is 40.2. The van der Waals surface area contributed by atoms with E-state index in [4.69, 9.17) is 13.9 Å². The Morgan fingerprint density at radius 1 is 0.930 bits per heavy atom. The fourth-order valence-corrected chi connectivity index (χ4v) is 9.14. The van der Waals surface area contributed by atoms with Gasteiger partial charge in [0.25, 0.3) is 5.91 Å². The summed E-state index contributed by atoms with van der Waals surface area (Å²) in [5, 5.41) is 3.04. The summed E-state index contributed by atoms with van der Waals surface area (Å²) in [5.41, 5.74) is 4.55. The number of urea groups is 1. The zero-order valence-electron chi connectivity index (χ0n) is 33.7. The molecule has 0 bridgehead atoms. The highest BCUT2D eigenvalue weighted by Crippen LogP contribution is 2.29. The first kappa shape index (κ1) is 40.3. The van der Waals surface area contributed by atoms with E-state index in [9.17, 15) is 24.0 Å². The lowest BCUT2D eigenvalue weighted by Gasteiger charge is -2.40. The van der Waals surface area contributed by atoms with E-state index >= 15 is 0 Å². The van der Waals surface area contributed by atoms with Crippen molar-refractivity contribution in [2.45, 2.75) is 88.9 Å². The van der Waals surface area contributed by atoms with Crippen molar-refractivity contribution in [1.82, 2.24) is 29.1 Å². The third-order valence-corrected chi connectivity index (χ3v) is 12.2. The standard InChI is InChI=1S/C42H57N7O8/c1-28-25-29(26-35-37(28)45(4)41(53)56-35)27-36(38(50)46-19-13-31(14-20-46)48-18-7-11-34(48)39(51)55-24-8-17-44(2)3)57-42(54)47-21-15-32(16-22-47)49-23-12-30-9-5-6-10-33(30)43-40(49)52/h5-6,9-10,25-26,31-32,34,36H,7-8,11-24,27H2,1-4H3,(H,43,52)/t34-,36+/m0/s1. The number of hydrogen-bond donors (Lipinski definition) is 1. The molecule has 4 amide bonds. The summed E-state index contributed by atoms with van der Waals surface area (Å²) in [6.45, 7) is 6.27. The number of amides is 4. The van der Waals surface area contributed by atoms with Crippen molar-refractivity contribution in [1.29, 1.82) is 0 Å². The first-order valence-corrected chi connectivity index (χ1v) is 20.5. The van der Waals surface area contributed by atoms with Crippen LogP contribution in [0.1, 0.15) is 61.6 Å². The second-order valence-electron chi connectivity index (χ2n) is 16.3. The summed E-state index contributed by atoms with van der Waals surface area (Å²) in [6, 6.07) is 11.2. The number of para-hydroxylation sites is 1. The van der Waals surface area contributed by atoms with Gasteiger partial charge in [0, 0.05) is 70.5 Å². The molecular weight excluding hydrogens is 731 g/mol. The Hall–Kier alpha value is -4.89. The lowest BCUT2D eigenvalue weighted by Crippen LogP contribution is -2.53. The lowest BCUT2D eigenvalue weighted by atomic mass is 9.99. The molecule has 2 atom stereocenters. The Balaban J connectivity index is 0.996. The molecule has 4 aliphatic heterocycles. The molecule has 308 valence electrons. The van der Waals surface area contributed by atoms with Crippen LogP contribution in [0.25, 0.3) is 11.1 Å². The van der Waals surface area contributed by atoms with Crippen molar-refractivity contribution in [3.05, 3.63) is 63.6 Å². The molecule has 15 heteroatoms. The highest BCUT2D eigenvalue weighted by molar-refractivity contribution is 5.91. The molecular formula is C42H57N7O8. The van der Waals surface area contributed by atoms with Gasteiger partial charge in [0.2, 0.25) is 0 Å². The number of nitrogens with zero attached hydrogens (tertiary/aromatic N) is 6. The average molecular weight is 788 g/mol. The first-order chi connectivity index (χ1) is 27.5. The maximum Gasteiger partial charge on any atom is 0.419 e. The van der Waals surface area contributed by atoms with Gasteiger partial charge in [0.1, 0.15) is 6.04 Å². The van der Waals surface area contributed by atoms with Gasteiger partial charge < -0.3 is 38.8 Å². The molecule has 7 rings (SSSR count). The summed E-state index contributed by atoms with van der Waals surface area (Å²) in [4.78, 5) is 76.4. The summed E-state index contributed by atoms with van der Waals surface area (Å²) in [7, 11) is 5.65. The average Bonchev–Trinajstić information content (AvgIpc) is 3.76. The fourth-order valence-electron chi connectivity index (χ4n) is 9.14. The second kappa shape index (κ2) is 17.7. The minimum absolute atomic E-state index is 0.0301. The van der Waals surface area contributed by atoms with E-state index in [1.807, 2.05) is 56.3 Å². The van der Waals surface area contributed by atoms with Gasteiger partial charge in [0.15, 0.2) is 11.7 Å². The highest BCUT2D eigenvalue weighted by atomic mass is 16.6. The molecule has 4 aliphatic rings. The number of fused-ring (bicyclic) bond motifs is 2. The Morgan fingerprint density at radius 2 is 1.65 bits per heavy atom. The number of esters is 1. The van der Waals surface area contributed by atoms with Crippen molar-refractivity contribution in [3.63, 3.8) is 0 Å². The Morgan fingerprint density at radius 3 is 2.40 bits per heavy atom. The zero-order valence-corrected chi connectivity index (χ0v) is 33.7. The molecule has 1 aromatic heterocycles. The van der Waals surface area contributed by atoms with Crippen LogP contribution in [-0.2, 0) is 39.0 Å². The molecule has 3 fully saturated rings. The van der Waals surface area contributed by atoms with Gasteiger partial charge >= 0.3 is 23.8 Å². The van der Waals surface area contributed by atoms with Crippen LogP contribution in [0.5, 0.6) is 0 Å². The molecule has 0 radical (unpaired) electrons. The minimum Gasteiger partial charge on any atom is -0.464 e. The number of aromatic nitrogens is 1. The van der Waals surface area contributed by atoms with Crippen LogP contribution in [0.15, 0.2) is 45.6 Å². The van der Waals surface area contributed by atoms with E-state index < -0.39 is 18.0 Å². The third-order valence-electron chi connectivity index (χ3n) is 12.2. The molecule has 1 N–H and O–H groups in total. The summed E-state index contributed by atoms with van der Waals surface area (Å²) < 4.78 is 18.7. The van der Waals surface area contributed by atoms with Gasteiger partial charge in [-0.3, -0.25) is 19.1 Å². The maximum atomic E-state index is 14.4. The van der Waals surface area contributed by atoms with Crippen LogP contribution in [-0.4, -0.2) is 144 Å². The highest BCUT2D eigenvalue weighted by Gasteiger charge is 2.40. The Kier molecular flexibility index (Phi) is 12.5. The lowest BCUT2D eigenvalue weighted by molar-refractivity contribution is -0.151. The van der Waals surface area contributed by atoms with E-state index in [0.717, 1.165) is 55.6 Å². The number of benzene rings is 2. The van der Waals surface area contributed by atoms with Crippen molar-refractivity contribution < 1.29 is 33.1 Å². The Labute approximate surface area is 333 Å². The number of piperidine rings is 2. The van der Waals surface area contributed by atoms with Gasteiger partial charge in [-0.1, -0.05) is 24.3 Å². The predicted molar refractivity (Wildman–Crippen MR) is 214 cm³/mol. The predicted octanol–water partition coefficient (Wildman–Crippen LogP) is 3.99. The van der Waals surface area contributed by atoms with Gasteiger partial charge in [0.05, 0.1) is 12.1 Å². The van der Waals surface area contributed by atoms with Crippen molar-refractivity contribution >= 4 is 40.8 Å². The molecule has 5 heterocycles. The molecule has 3 saturated heterocycles. The van der Waals surface area contributed by atoms with E-state index in [1.165, 1.54) is 4.57 Å². The number of rotatable bonds is 11. The molecule has 3 aromatic rings. The van der Waals surface area contributed by atoms with Crippen LogP contribution < -0.4 is 11.1 Å². The molecule has 0 saturated carbocycles. The number of carbonyl (C=O) groups is 4. The number of carbonyl (C=O) groups excluding carboxylic acids is 4. The number of nitrogens with one attached hydrogen (secondary N) is 1.